The molecule has 1 aliphatic carbocycles. The van der Waals surface area contributed by atoms with Gasteiger partial charge in [0.15, 0.2) is 0 Å². The highest BCUT2D eigenvalue weighted by Crippen LogP contribution is 2.25. The van der Waals surface area contributed by atoms with Gasteiger partial charge in [0.05, 0.1) is 22.3 Å². The van der Waals surface area contributed by atoms with Crippen LogP contribution in [0.5, 0.6) is 0 Å². The lowest BCUT2D eigenvalue weighted by molar-refractivity contribution is -0.0554. The maximum Gasteiger partial charge on any atom is 0.222 e. The van der Waals surface area contributed by atoms with Gasteiger partial charge < -0.3 is 25.4 Å². The zero-order valence-corrected chi connectivity index (χ0v) is 36.6. The summed E-state index contributed by atoms with van der Waals surface area (Å²) in [5.41, 5.74) is 5.35. The Morgan fingerprint density at radius 2 is 0.750 bits per heavy atom. The van der Waals surface area contributed by atoms with Crippen LogP contribution in [0.3, 0.4) is 0 Å². The molecule has 3 aromatic heterocycles. The lowest BCUT2D eigenvalue weighted by Gasteiger charge is -2.35. The molecule has 2 aliphatic heterocycles. The minimum absolute atomic E-state index is 0.0863. The van der Waals surface area contributed by atoms with Gasteiger partial charge in [-0.25, -0.2) is 29.9 Å². The van der Waals surface area contributed by atoms with E-state index < -0.39 is 0 Å². The van der Waals surface area contributed by atoms with E-state index in [1.165, 1.54) is 25.7 Å². The van der Waals surface area contributed by atoms with Crippen molar-refractivity contribution >= 4 is 17.8 Å². The first-order valence-electron chi connectivity index (χ1n) is 22.1. The molecule has 2 saturated heterocycles. The van der Waals surface area contributed by atoms with Gasteiger partial charge in [-0.2, -0.15) is 0 Å². The number of hydrogen-bond acceptors (Lipinski definition) is 11. The Balaban J connectivity index is 0.000000144. The number of anilines is 3. The normalized spacial score (nSPS) is 16.5. The van der Waals surface area contributed by atoms with E-state index in [4.69, 9.17) is 9.47 Å². The highest BCUT2D eigenvalue weighted by atomic mass is 16.5. The second-order valence-corrected chi connectivity index (χ2v) is 16.3. The van der Waals surface area contributed by atoms with E-state index in [-0.39, 0.29) is 5.60 Å². The number of hydrogen-bond donors (Lipinski definition) is 3. The summed E-state index contributed by atoms with van der Waals surface area (Å²) < 4.78 is 11.1. The smallest absolute Gasteiger partial charge is 0.222 e. The van der Waals surface area contributed by atoms with Crippen molar-refractivity contribution in [3.05, 3.63) is 162 Å². The maximum atomic E-state index is 5.73. The largest absolute Gasteiger partial charge is 0.381 e. The van der Waals surface area contributed by atoms with Gasteiger partial charge in [-0.3, -0.25) is 0 Å². The van der Waals surface area contributed by atoms with E-state index in [0.717, 1.165) is 78.9 Å². The number of benzene rings is 3. The fourth-order valence-corrected chi connectivity index (χ4v) is 7.21. The molecule has 3 aromatic carbocycles. The number of rotatable bonds is 6. The van der Waals surface area contributed by atoms with Crippen LogP contribution in [0.4, 0.5) is 17.8 Å². The summed E-state index contributed by atoms with van der Waals surface area (Å²) in [6.45, 7) is 6.61. The molecule has 1 saturated carbocycles. The van der Waals surface area contributed by atoms with Gasteiger partial charge in [0.1, 0.15) is 0 Å². The minimum atomic E-state index is -0.0863. The van der Waals surface area contributed by atoms with Gasteiger partial charge in [-0.1, -0.05) is 103 Å². The Hall–Kier alpha value is -7.10. The Bertz CT molecular complexity index is 2490. The summed E-state index contributed by atoms with van der Waals surface area (Å²) in [6, 6.07) is 31.0. The molecule has 3 aliphatic rings. The Morgan fingerprint density at radius 3 is 1.12 bits per heavy atom. The second-order valence-electron chi connectivity index (χ2n) is 16.3. The van der Waals surface area contributed by atoms with E-state index >= 15 is 0 Å². The fraction of sp³-hybridized carbons (Fsp3) is 0.321. The van der Waals surface area contributed by atoms with Crippen LogP contribution in [0.25, 0.3) is 0 Å². The number of ether oxygens (including phenoxy) is 2. The molecule has 64 heavy (non-hydrogen) atoms. The highest BCUT2D eigenvalue weighted by Gasteiger charge is 2.29. The summed E-state index contributed by atoms with van der Waals surface area (Å²) in [4.78, 5) is 26.0. The van der Waals surface area contributed by atoms with E-state index in [1.54, 1.807) is 37.2 Å². The lowest BCUT2D eigenvalue weighted by Crippen LogP contribution is -2.40. The molecule has 11 nitrogen and oxygen atoms in total. The fourth-order valence-electron chi connectivity index (χ4n) is 7.21. The molecular weight excluding hydrogens is 795 g/mol. The summed E-state index contributed by atoms with van der Waals surface area (Å²) in [7, 11) is 0. The van der Waals surface area contributed by atoms with Crippen molar-refractivity contribution in [2.24, 2.45) is 0 Å². The molecular formula is C53H55N9O2. The minimum Gasteiger partial charge on any atom is -0.381 e. The molecule has 0 radical (unpaired) electrons. The molecule has 324 valence electrons. The van der Waals surface area contributed by atoms with Gasteiger partial charge in [0, 0.05) is 91.8 Å². The monoisotopic (exact) mass is 849 g/mol. The van der Waals surface area contributed by atoms with Crippen LogP contribution in [-0.2, 0) is 9.47 Å². The van der Waals surface area contributed by atoms with Crippen molar-refractivity contribution < 1.29 is 9.47 Å². The molecule has 6 aromatic rings. The predicted octanol–water partition coefficient (Wildman–Crippen LogP) is 8.94. The highest BCUT2D eigenvalue weighted by molar-refractivity contribution is 5.44. The Kier molecular flexibility index (Phi) is 16.8. The molecule has 0 bridgehead atoms. The van der Waals surface area contributed by atoms with E-state index in [2.05, 4.69) is 95.2 Å². The zero-order valence-electron chi connectivity index (χ0n) is 36.6. The molecule has 1 unspecified atom stereocenters. The van der Waals surface area contributed by atoms with Gasteiger partial charge in [0.2, 0.25) is 17.8 Å². The number of nitrogens with one attached hydrogen (secondary N) is 3. The molecule has 1 atom stereocenters. The van der Waals surface area contributed by atoms with E-state index in [0.29, 0.717) is 36.0 Å². The van der Waals surface area contributed by atoms with Crippen molar-refractivity contribution in [1.82, 2.24) is 29.9 Å². The van der Waals surface area contributed by atoms with Crippen molar-refractivity contribution in [1.29, 1.82) is 0 Å². The third-order valence-corrected chi connectivity index (χ3v) is 10.6. The summed E-state index contributed by atoms with van der Waals surface area (Å²) >= 11 is 0. The average Bonchev–Trinajstić information content (AvgIpc) is 3.86. The lowest BCUT2D eigenvalue weighted by atomic mass is 9.94. The SMILES string of the molecule is C(#Cc1cnc(NC2CCCC2)nc1)c1ccccc1.C(#Cc1cnc(NC2CCOCC2)nc1)c1ccccc1.CC1(C)CC(Nc2ncc(C#Cc3ccccc3)cn2)CCO1. The average molecular weight is 850 g/mol. The molecule has 11 heteroatoms. The van der Waals surface area contributed by atoms with Gasteiger partial charge in [0.25, 0.3) is 0 Å². The summed E-state index contributed by atoms with van der Waals surface area (Å²) in [5, 5.41) is 10.1. The van der Waals surface area contributed by atoms with Crippen molar-refractivity contribution in [3.63, 3.8) is 0 Å². The zero-order chi connectivity index (χ0) is 44.1. The van der Waals surface area contributed by atoms with Crippen LogP contribution in [-0.4, -0.2) is 73.5 Å². The Morgan fingerprint density at radius 1 is 0.422 bits per heavy atom. The van der Waals surface area contributed by atoms with Crippen LogP contribution in [0.15, 0.2) is 128 Å². The summed E-state index contributed by atoms with van der Waals surface area (Å²) in [5.74, 6) is 20.6. The van der Waals surface area contributed by atoms with Crippen molar-refractivity contribution in [3.8, 4) is 35.5 Å². The predicted molar refractivity (Wildman–Crippen MR) is 253 cm³/mol. The van der Waals surface area contributed by atoms with Gasteiger partial charge in [-0.15, -0.1) is 0 Å². The van der Waals surface area contributed by atoms with Crippen LogP contribution in [0, 0.1) is 35.5 Å². The van der Waals surface area contributed by atoms with Crippen LogP contribution in [0.2, 0.25) is 0 Å². The molecule has 3 fully saturated rings. The third-order valence-electron chi connectivity index (χ3n) is 10.6. The van der Waals surface area contributed by atoms with Gasteiger partial charge in [-0.05, 0) is 88.8 Å². The standard InChI is InChI=1S/C19H21N3O.C17H17N3O.C17H17N3/c1-19(2)12-17(10-11-23-19)22-18-20-13-16(14-21-18)9-8-15-6-4-3-5-7-15;1-2-4-14(5-3-1)6-7-15-12-18-17(19-13-15)20-16-8-10-21-11-9-16;1-2-6-14(7-3-1)10-11-15-12-18-17(19-13-15)20-16-8-4-5-9-16/h3-7,13-14,17H,10-12H2,1-2H3,(H,20,21,22);1-5,12-13,16H,8-11H2,(H,18,19,20);1-3,6-7,12-13,16H,4-5,8-9H2,(H,18,19,20). The first kappa shape index (κ1) is 44.9. The van der Waals surface area contributed by atoms with Gasteiger partial charge >= 0.3 is 0 Å². The van der Waals surface area contributed by atoms with Crippen molar-refractivity contribution in [2.45, 2.75) is 88.9 Å². The third kappa shape index (κ3) is 15.7. The first-order chi connectivity index (χ1) is 31.4. The van der Waals surface area contributed by atoms with Crippen LogP contribution in [0.1, 0.15) is 98.6 Å². The number of nitrogens with zero attached hydrogens (tertiary/aromatic N) is 6. The van der Waals surface area contributed by atoms with E-state index in [1.807, 2.05) is 91.0 Å². The Labute approximate surface area is 377 Å². The molecule has 0 amide bonds. The van der Waals surface area contributed by atoms with Crippen LogP contribution < -0.4 is 16.0 Å². The molecule has 3 N–H and O–H groups in total. The topological polar surface area (TPSA) is 132 Å². The molecule has 9 rings (SSSR count). The van der Waals surface area contributed by atoms with Crippen LogP contribution >= 0.6 is 0 Å². The quantitative estimate of drug-likeness (QED) is 0.139. The molecule has 5 heterocycles. The number of aromatic nitrogens is 6. The van der Waals surface area contributed by atoms with E-state index in [9.17, 15) is 0 Å². The maximum absolute atomic E-state index is 5.73. The molecule has 0 spiro atoms. The summed E-state index contributed by atoms with van der Waals surface area (Å²) in [6.07, 6.45) is 19.6. The van der Waals surface area contributed by atoms with Crippen molar-refractivity contribution in [2.75, 3.05) is 35.8 Å². The first-order valence-corrected chi connectivity index (χ1v) is 22.1. The second kappa shape index (κ2) is 23.9.